The molecule has 0 aromatic carbocycles. The van der Waals surface area contributed by atoms with Crippen molar-refractivity contribution < 1.29 is 4.79 Å². The van der Waals surface area contributed by atoms with Crippen molar-refractivity contribution in [3.8, 4) is 6.07 Å². The van der Waals surface area contributed by atoms with E-state index in [9.17, 15) is 4.79 Å². The number of carbonyl (C=O) groups is 1. The molecule has 1 aliphatic heterocycles. The van der Waals surface area contributed by atoms with Gasteiger partial charge in [0.1, 0.15) is 5.92 Å². The van der Waals surface area contributed by atoms with Gasteiger partial charge in [0.15, 0.2) is 0 Å². The predicted molar refractivity (Wildman–Crippen MR) is 69.7 cm³/mol. The molecule has 1 heterocycles. The van der Waals surface area contributed by atoms with Crippen molar-refractivity contribution >= 4 is 5.91 Å². The van der Waals surface area contributed by atoms with E-state index >= 15 is 0 Å². The van der Waals surface area contributed by atoms with E-state index in [2.05, 4.69) is 11.0 Å². The van der Waals surface area contributed by atoms with Crippen LogP contribution in [0.4, 0.5) is 0 Å². The zero-order valence-corrected chi connectivity index (χ0v) is 11.4. The Labute approximate surface area is 110 Å². The number of nitrogens with zero attached hydrogens (tertiary/aromatic N) is 3. The second-order valence-corrected chi connectivity index (χ2v) is 5.92. The summed E-state index contributed by atoms with van der Waals surface area (Å²) in [7, 11) is 0. The van der Waals surface area contributed by atoms with Crippen molar-refractivity contribution in [1.82, 2.24) is 9.80 Å². The predicted octanol–water partition coefficient (Wildman–Crippen LogP) is 1.34. The normalized spacial score (nSPS) is 22.9. The van der Waals surface area contributed by atoms with Crippen molar-refractivity contribution in [2.75, 3.05) is 32.7 Å². The van der Waals surface area contributed by atoms with E-state index < -0.39 is 5.92 Å². The average Bonchev–Trinajstić information content (AvgIpc) is 3.14. The van der Waals surface area contributed by atoms with E-state index in [0.29, 0.717) is 0 Å². The summed E-state index contributed by atoms with van der Waals surface area (Å²) >= 11 is 0. The summed E-state index contributed by atoms with van der Waals surface area (Å²) in [5, 5.41) is 9.07. The second kappa shape index (κ2) is 5.71. The van der Waals surface area contributed by atoms with E-state index in [1.165, 1.54) is 19.4 Å². The third kappa shape index (κ3) is 3.23. The van der Waals surface area contributed by atoms with Gasteiger partial charge in [0.25, 0.3) is 0 Å². The first-order valence-corrected chi connectivity index (χ1v) is 7.02. The largest absolute Gasteiger partial charge is 0.339 e. The summed E-state index contributed by atoms with van der Waals surface area (Å²) in [4.78, 5) is 16.5. The monoisotopic (exact) mass is 249 g/mol. The highest BCUT2D eigenvalue weighted by Crippen LogP contribution is 2.30. The molecule has 4 heteroatoms. The van der Waals surface area contributed by atoms with Crippen LogP contribution in [-0.4, -0.2) is 48.4 Å². The number of hydrogen-bond acceptors (Lipinski definition) is 3. The summed E-state index contributed by atoms with van der Waals surface area (Å²) in [6, 6.07) is 2.15. The van der Waals surface area contributed by atoms with Crippen molar-refractivity contribution in [2.24, 2.45) is 17.8 Å². The molecule has 0 aromatic heterocycles. The van der Waals surface area contributed by atoms with Gasteiger partial charge >= 0.3 is 0 Å². The van der Waals surface area contributed by atoms with Gasteiger partial charge in [-0.25, -0.2) is 0 Å². The van der Waals surface area contributed by atoms with Gasteiger partial charge in [-0.3, -0.25) is 9.69 Å². The summed E-state index contributed by atoms with van der Waals surface area (Å²) in [5.41, 5.74) is 0. The van der Waals surface area contributed by atoms with Crippen LogP contribution in [0.3, 0.4) is 0 Å². The van der Waals surface area contributed by atoms with Gasteiger partial charge in [-0.05, 0) is 24.7 Å². The lowest BCUT2D eigenvalue weighted by atomic mass is 9.95. The Morgan fingerprint density at radius 2 is 1.89 bits per heavy atom. The first kappa shape index (κ1) is 13.4. The SMILES string of the molecule is CC(C)C(C#N)C(=O)N1CCN(CC2CC2)CC1. The molecule has 2 fully saturated rings. The third-order valence-corrected chi connectivity index (χ3v) is 3.97. The molecule has 2 rings (SSSR count). The summed E-state index contributed by atoms with van der Waals surface area (Å²) in [5.74, 6) is 0.570. The lowest BCUT2D eigenvalue weighted by molar-refractivity contribution is -0.136. The van der Waals surface area contributed by atoms with Gasteiger partial charge in [-0.1, -0.05) is 13.8 Å². The lowest BCUT2D eigenvalue weighted by Crippen LogP contribution is -2.51. The van der Waals surface area contributed by atoms with Crippen LogP contribution in [0.25, 0.3) is 0 Å². The van der Waals surface area contributed by atoms with E-state index in [0.717, 1.165) is 32.1 Å². The number of piperazine rings is 1. The highest BCUT2D eigenvalue weighted by atomic mass is 16.2. The van der Waals surface area contributed by atoms with E-state index in [1.807, 2.05) is 18.7 Å². The standard InChI is InChI=1S/C14H23N3O/c1-11(2)13(9-15)14(18)17-7-5-16(6-8-17)10-12-3-4-12/h11-13H,3-8,10H2,1-2H3. The Kier molecular flexibility index (Phi) is 4.23. The molecule has 4 nitrogen and oxygen atoms in total. The van der Waals surface area contributed by atoms with E-state index in [-0.39, 0.29) is 11.8 Å². The van der Waals surface area contributed by atoms with Crippen molar-refractivity contribution in [3.05, 3.63) is 0 Å². The molecule has 1 unspecified atom stereocenters. The average molecular weight is 249 g/mol. The topological polar surface area (TPSA) is 47.3 Å². The molecule has 1 saturated heterocycles. The van der Waals surface area contributed by atoms with Crippen LogP contribution in [0.15, 0.2) is 0 Å². The Morgan fingerprint density at radius 3 is 2.33 bits per heavy atom. The fraction of sp³-hybridized carbons (Fsp3) is 0.857. The smallest absolute Gasteiger partial charge is 0.240 e. The minimum absolute atomic E-state index is 0.0265. The molecule has 1 atom stereocenters. The minimum atomic E-state index is -0.472. The number of hydrogen-bond donors (Lipinski definition) is 0. The molecular formula is C14H23N3O. The Balaban J connectivity index is 1.81. The fourth-order valence-electron chi connectivity index (χ4n) is 2.50. The summed E-state index contributed by atoms with van der Waals surface area (Å²) in [6.07, 6.45) is 2.76. The molecule has 0 bridgehead atoms. The van der Waals surface area contributed by atoms with Crippen LogP contribution >= 0.6 is 0 Å². The molecule has 0 N–H and O–H groups in total. The van der Waals surface area contributed by atoms with Gasteiger partial charge in [0.2, 0.25) is 5.91 Å². The van der Waals surface area contributed by atoms with Crippen LogP contribution in [-0.2, 0) is 4.79 Å². The second-order valence-electron chi connectivity index (χ2n) is 5.92. The highest BCUT2D eigenvalue weighted by molar-refractivity contribution is 5.81. The minimum Gasteiger partial charge on any atom is -0.339 e. The zero-order valence-electron chi connectivity index (χ0n) is 11.4. The number of carbonyl (C=O) groups excluding carboxylic acids is 1. The summed E-state index contributed by atoms with van der Waals surface area (Å²) < 4.78 is 0. The maximum Gasteiger partial charge on any atom is 0.240 e. The van der Waals surface area contributed by atoms with Crippen molar-refractivity contribution in [3.63, 3.8) is 0 Å². The highest BCUT2D eigenvalue weighted by Gasteiger charge is 2.31. The third-order valence-electron chi connectivity index (χ3n) is 3.97. The van der Waals surface area contributed by atoms with Crippen molar-refractivity contribution in [1.29, 1.82) is 5.26 Å². The summed E-state index contributed by atoms with van der Waals surface area (Å²) in [6.45, 7) is 8.60. The van der Waals surface area contributed by atoms with Gasteiger partial charge in [0, 0.05) is 32.7 Å². The first-order valence-electron chi connectivity index (χ1n) is 7.02. The van der Waals surface area contributed by atoms with Gasteiger partial charge in [-0.15, -0.1) is 0 Å². The Morgan fingerprint density at radius 1 is 1.28 bits per heavy atom. The number of nitriles is 1. The van der Waals surface area contributed by atoms with Gasteiger partial charge in [-0.2, -0.15) is 5.26 Å². The van der Waals surface area contributed by atoms with Crippen LogP contribution in [0.1, 0.15) is 26.7 Å². The van der Waals surface area contributed by atoms with Crippen molar-refractivity contribution in [2.45, 2.75) is 26.7 Å². The van der Waals surface area contributed by atoms with Crippen LogP contribution in [0, 0.1) is 29.1 Å². The van der Waals surface area contributed by atoms with Crippen LogP contribution < -0.4 is 0 Å². The molecule has 1 aliphatic carbocycles. The number of amides is 1. The molecular weight excluding hydrogens is 226 g/mol. The number of rotatable bonds is 4. The first-order chi connectivity index (χ1) is 8.61. The fourth-order valence-corrected chi connectivity index (χ4v) is 2.50. The Hall–Kier alpha value is -1.08. The van der Waals surface area contributed by atoms with E-state index in [4.69, 9.17) is 5.26 Å². The molecule has 0 radical (unpaired) electrons. The van der Waals surface area contributed by atoms with Crippen LogP contribution in [0.5, 0.6) is 0 Å². The zero-order chi connectivity index (χ0) is 13.1. The Bertz CT molecular complexity index is 335. The molecule has 2 aliphatic rings. The lowest BCUT2D eigenvalue weighted by Gasteiger charge is -2.36. The molecule has 0 aromatic rings. The van der Waals surface area contributed by atoms with Gasteiger partial charge in [0.05, 0.1) is 6.07 Å². The van der Waals surface area contributed by atoms with Gasteiger partial charge < -0.3 is 4.90 Å². The maximum atomic E-state index is 12.2. The van der Waals surface area contributed by atoms with E-state index in [1.54, 1.807) is 0 Å². The quantitative estimate of drug-likeness (QED) is 0.755. The molecule has 1 saturated carbocycles. The molecule has 100 valence electrons. The molecule has 1 amide bonds. The van der Waals surface area contributed by atoms with Crippen LogP contribution in [0.2, 0.25) is 0 Å². The molecule has 0 spiro atoms. The maximum absolute atomic E-state index is 12.2. The molecule has 18 heavy (non-hydrogen) atoms.